The minimum Gasteiger partial charge on any atom is -0.354 e. The van der Waals surface area contributed by atoms with Crippen molar-refractivity contribution < 1.29 is 9.59 Å². The third kappa shape index (κ3) is 2.94. The average molecular weight is 349 g/mol. The first-order valence-electron chi connectivity index (χ1n) is 9.15. The van der Waals surface area contributed by atoms with Gasteiger partial charge in [0.15, 0.2) is 0 Å². The lowest BCUT2D eigenvalue weighted by molar-refractivity contribution is 0.0589. The molecule has 0 aliphatic carbocycles. The van der Waals surface area contributed by atoms with Gasteiger partial charge >= 0.3 is 0 Å². The third-order valence-corrected chi connectivity index (χ3v) is 5.35. The van der Waals surface area contributed by atoms with E-state index in [0.29, 0.717) is 17.7 Å². The summed E-state index contributed by atoms with van der Waals surface area (Å²) in [5.41, 5.74) is 3.18. The smallest absolute Gasteiger partial charge is 0.257 e. The molecule has 0 bridgehead atoms. The number of anilines is 1. The summed E-state index contributed by atoms with van der Waals surface area (Å²) in [5, 5.41) is 2.95. The number of carbonyl (C=O) groups is 2. The van der Waals surface area contributed by atoms with Gasteiger partial charge in [0.05, 0.1) is 11.3 Å². The van der Waals surface area contributed by atoms with Crippen molar-refractivity contribution >= 4 is 17.5 Å². The van der Waals surface area contributed by atoms with Crippen LogP contribution in [0.15, 0.2) is 48.5 Å². The molecule has 134 valence electrons. The van der Waals surface area contributed by atoms with Gasteiger partial charge in [0, 0.05) is 25.7 Å². The van der Waals surface area contributed by atoms with Crippen molar-refractivity contribution in [2.75, 3.05) is 18.5 Å². The molecule has 1 saturated heterocycles. The molecule has 1 N–H and O–H groups in total. The molecule has 2 aliphatic heterocycles. The van der Waals surface area contributed by atoms with Crippen molar-refractivity contribution in [2.45, 2.75) is 32.0 Å². The highest BCUT2D eigenvalue weighted by Crippen LogP contribution is 2.34. The molecule has 2 aromatic carbocycles. The fraction of sp³-hybridized carbons (Fsp3) is 0.333. The van der Waals surface area contributed by atoms with Crippen LogP contribution in [0.5, 0.6) is 0 Å². The van der Waals surface area contributed by atoms with E-state index in [9.17, 15) is 9.59 Å². The first-order valence-corrected chi connectivity index (χ1v) is 9.15. The summed E-state index contributed by atoms with van der Waals surface area (Å²) in [6, 6.07) is 15.2. The minimum absolute atomic E-state index is 0.0824. The standard InChI is InChI=1S/C21H23N3O2/c1-23-18-13-16(20(25)22-14-15-7-3-2-4-8-15)10-11-17(18)21(26)24-12-6-5-9-19(23)24/h2-4,7-8,10-11,13,19H,5-6,9,12,14H2,1H3,(H,22,25)/t19-/m1/s1. The van der Waals surface area contributed by atoms with Crippen LogP contribution in [0.1, 0.15) is 45.5 Å². The van der Waals surface area contributed by atoms with Crippen LogP contribution in [0.4, 0.5) is 5.69 Å². The van der Waals surface area contributed by atoms with E-state index < -0.39 is 0 Å². The maximum Gasteiger partial charge on any atom is 0.257 e. The predicted octanol–water partition coefficient (Wildman–Crippen LogP) is 3.02. The number of fused-ring (bicyclic) bond motifs is 2. The minimum atomic E-state index is -0.122. The molecule has 1 atom stereocenters. The molecule has 2 aromatic rings. The topological polar surface area (TPSA) is 52.7 Å². The first kappa shape index (κ1) is 16.6. The highest BCUT2D eigenvalue weighted by Gasteiger charge is 2.37. The van der Waals surface area contributed by atoms with Gasteiger partial charge in [-0.3, -0.25) is 9.59 Å². The fourth-order valence-electron chi connectivity index (χ4n) is 3.89. The van der Waals surface area contributed by atoms with Crippen molar-refractivity contribution in [3.05, 3.63) is 65.2 Å². The van der Waals surface area contributed by atoms with E-state index in [1.165, 1.54) is 0 Å². The molecule has 5 heteroatoms. The first-order chi connectivity index (χ1) is 12.6. The van der Waals surface area contributed by atoms with Crippen LogP contribution in [-0.2, 0) is 6.54 Å². The number of nitrogens with zero attached hydrogens (tertiary/aromatic N) is 2. The van der Waals surface area contributed by atoms with Gasteiger partial charge in [0.25, 0.3) is 11.8 Å². The van der Waals surface area contributed by atoms with Crippen LogP contribution in [0.25, 0.3) is 0 Å². The molecular weight excluding hydrogens is 326 g/mol. The van der Waals surface area contributed by atoms with Crippen LogP contribution >= 0.6 is 0 Å². The number of hydrogen-bond acceptors (Lipinski definition) is 3. The van der Waals surface area contributed by atoms with E-state index in [2.05, 4.69) is 10.2 Å². The Morgan fingerprint density at radius 2 is 1.96 bits per heavy atom. The zero-order chi connectivity index (χ0) is 18.1. The summed E-state index contributed by atoms with van der Waals surface area (Å²) in [7, 11) is 2.01. The van der Waals surface area contributed by atoms with Gasteiger partial charge in [0.2, 0.25) is 0 Å². The van der Waals surface area contributed by atoms with Gasteiger partial charge in [-0.15, -0.1) is 0 Å². The third-order valence-electron chi connectivity index (χ3n) is 5.35. The van der Waals surface area contributed by atoms with Crippen molar-refractivity contribution in [2.24, 2.45) is 0 Å². The van der Waals surface area contributed by atoms with Crippen LogP contribution < -0.4 is 10.2 Å². The number of benzene rings is 2. The predicted molar refractivity (Wildman–Crippen MR) is 101 cm³/mol. The average Bonchev–Trinajstić information content (AvgIpc) is 2.70. The largest absolute Gasteiger partial charge is 0.354 e. The van der Waals surface area contributed by atoms with E-state index in [0.717, 1.165) is 37.1 Å². The van der Waals surface area contributed by atoms with Gasteiger partial charge in [0.1, 0.15) is 6.17 Å². The molecular formula is C21H23N3O2. The molecule has 2 aliphatic rings. The van der Waals surface area contributed by atoms with Gasteiger partial charge < -0.3 is 15.1 Å². The lowest BCUT2D eigenvalue weighted by Crippen LogP contribution is -2.55. The number of nitrogens with one attached hydrogen (secondary N) is 1. The van der Waals surface area contributed by atoms with Crippen LogP contribution in [-0.4, -0.2) is 36.5 Å². The van der Waals surface area contributed by atoms with Crippen molar-refractivity contribution in [1.29, 1.82) is 0 Å². The summed E-state index contributed by atoms with van der Waals surface area (Å²) in [6.45, 7) is 1.30. The lowest BCUT2D eigenvalue weighted by Gasteiger charge is -2.46. The van der Waals surface area contributed by atoms with Crippen molar-refractivity contribution in [1.82, 2.24) is 10.2 Å². The molecule has 0 unspecified atom stereocenters. The fourth-order valence-corrected chi connectivity index (χ4v) is 3.89. The Morgan fingerprint density at radius 1 is 1.15 bits per heavy atom. The lowest BCUT2D eigenvalue weighted by atomic mass is 9.97. The maximum atomic E-state index is 12.8. The second-order valence-corrected chi connectivity index (χ2v) is 6.99. The van der Waals surface area contributed by atoms with E-state index >= 15 is 0 Å². The van der Waals surface area contributed by atoms with E-state index in [1.54, 1.807) is 12.1 Å². The Morgan fingerprint density at radius 3 is 2.77 bits per heavy atom. The highest BCUT2D eigenvalue weighted by molar-refractivity contribution is 6.04. The van der Waals surface area contributed by atoms with E-state index in [4.69, 9.17) is 0 Å². The van der Waals surface area contributed by atoms with Crippen molar-refractivity contribution in [3.8, 4) is 0 Å². The molecule has 0 aromatic heterocycles. The summed E-state index contributed by atoms with van der Waals surface area (Å²) in [4.78, 5) is 29.4. The molecule has 1 fully saturated rings. The summed E-state index contributed by atoms with van der Waals surface area (Å²) < 4.78 is 0. The Kier molecular flexibility index (Phi) is 4.37. The molecule has 0 radical (unpaired) electrons. The summed E-state index contributed by atoms with van der Waals surface area (Å²) in [6.07, 6.45) is 3.27. The molecule has 5 nitrogen and oxygen atoms in total. The zero-order valence-corrected chi connectivity index (χ0v) is 14.9. The summed E-state index contributed by atoms with van der Waals surface area (Å²) in [5.74, 6) is -0.0392. The number of amides is 2. The van der Waals surface area contributed by atoms with Crippen molar-refractivity contribution in [3.63, 3.8) is 0 Å². The monoisotopic (exact) mass is 349 g/mol. The Balaban J connectivity index is 1.56. The SMILES string of the molecule is CN1c2cc(C(=O)NCc3ccccc3)ccc2C(=O)N2CCCC[C@@H]21. The number of hydrogen-bond donors (Lipinski definition) is 1. The van der Waals surface area contributed by atoms with Gasteiger partial charge in [-0.25, -0.2) is 0 Å². The number of carbonyl (C=O) groups excluding carboxylic acids is 2. The molecule has 0 saturated carbocycles. The maximum absolute atomic E-state index is 12.8. The second kappa shape index (κ2) is 6.83. The van der Waals surface area contributed by atoms with Crippen LogP contribution in [0, 0.1) is 0 Å². The van der Waals surface area contributed by atoms with E-state index in [1.807, 2.05) is 48.3 Å². The zero-order valence-electron chi connectivity index (χ0n) is 14.9. The molecule has 4 rings (SSSR count). The molecule has 2 heterocycles. The highest BCUT2D eigenvalue weighted by atomic mass is 16.2. The van der Waals surface area contributed by atoms with Crippen LogP contribution in [0.2, 0.25) is 0 Å². The molecule has 26 heavy (non-hydrogen) atoms. The van der Waals surface area contributed by atoms with Gasteiger partial charge in [-0.2, -0.15) is 0 Å². The Labute approximate surface area is 153 Å². The number of piperidine rings is 1. The Bertz CT molecular complexity index is 834. The Hall–Kier alpha value is -2.82. The molecule has 2 amide bonds. The normalized spacial score (nSPS) is 19.0. The second-order valence-electron chi connectivity index (χ2n) is 6.99. The summed E-state index contributed by atoms with van der Waals surface area (Å²) >= 11 is 0. The van der Waals surface area contributed by atoms with Crippen LogP contribution in [0.3, 0.4) is 0 Å². The molecule has 0 spiro atoms. The number of rotatable bonds is 3. The van der Waals surface area contributed by atoms with Gasteiger partial charge in [-0.1, -0.05) is 30.3 Å². The van der Waals surface area contributed by atoms with E-state index in [-0.39, 0.29) is 18.0 Å². The quantitative estimate of drug-likeness (QED) is 0.927. The van der Waals surface area contributed by atoms with Gasteiger partial charge in [-0.05, 0) is 43.0 Å².